The molecule has 0 radical (unpaired) electrons. The summed E-state index contributed by atoms with van der Waals surface area (Å²) in [5, 5.41) is 0. The number of carbonyl (C=O) groups excluding carboxylic acids is 2. The maximum absolute atomic E-state index is 11.9. The average Bonchev–Trinajstić information content (AvgIpc) is 2.62. The highest BCUT2D eigenvalue weighted by atomic mass is 33.1. The molecular formula is C20H24N2O2S2. The van der Waals surface area contributed by atoms with E-state index in [1.54, 1.807) is 45.2 Å². The molecule has 0 saturated carbocycles. The van der Waals surface area contributed by atoms with E-state index in [9.17, 15) is 9.59 Å². The summed E-state index contributed by atoms with van der Waals surface area (Å²) in [4.78, 5) is 29.4. The molecule has 0 saturated heterocycles. The van der Waals surface area contributed by atoms with Gasteiger partial charge in [-0.25, -0.2) is 0 Å². The van der Waals surface area contributed by atoms with Gasteiger partial charge < -0.3 is 9.80 Å². The molecule has 2 aromatic carbocycles. The Morgan fingerprint density at radius 2 is 1.08 bits per heavy atom. The van der Waals surface area contributed by atoms with Crippen molar-refractivity contribution in [2.24, 2.45) is 0 Å². The molecule has 26 heavy (non-hydrogen) atoms. The summed E-state index contributed by atoms with van der Waals surface area (Å²) in [7, 11) is 3.20. The second kappa shape index (κ2) is 9.69. The van der Waals surface area contributed by atoms with Crippen LogP contribution in [0.4, 0.5) is 11.4 Å². The standard InChI is InChI=1S/C20H24N2O2S2/c1-5-21(15(3)23)17-11-7-9-13-19(17)25-26-20-14-10-8-12-18(20)22(6-2)16(4)24/h7-14H,5-6H2,1-4H3. The van der Waals surface area contributed by atoms with Crippen LogP contribution in [0.25, 0.3) is 0 Å². The Kier molecular flexibility index (Phi) is 7.60. The molecule has 0 aliphatic rings. The van der Waals surface area contributed by atoms with Crippen LogP contribution in [0.5, 0.6) is 0 Å². The second-order valence-electron chi connectivity index (χ2n) is 5.63. The maximum atomic E-state index is 11.9. The van der Waals surface area contributed by atoms with Gasteiger partial charge in [-0.3, -0.25) is 9.59 Å². The topological polar surface area (TPSA) is 40.6 Å². The Morgan fingerprint density at radius 1 is 0.731 bits per heavy atom. The third-order valence-electron chi connectivity index (χ3n) is 3.93. The largest absolute Gasteiger partial charge is 0.312 e. The van der Waals surface area contributed by atoms with Crippen LogP contribution in [0.3, 0.4) is 0 Å². The average molecular weight is 389 g/mol. The van der Waals surface area contributed by atoms with Gasteiger partial charge in [0, 0.05) is 36.7 Å². The van der Waals surface area contributed by atoms with Gasteiger partial charge >= 0.3 is 0 Å². The van der Waals surface area contributed by atoms with Crippen molar-refractivity contribution < 1.29 is 9.59 Å². The molecule has 0 aliphatic carbocycles. The fourth-order valence-electron chi connectivity index (χ4n) is 2.72. The fourth-order valence-corrected chi connectivity index (χ4v) is 5.08. The van der Waals surface area contributed by atoms with Gasteiger partial charge in [0.2, 0.25) is 11.8 Å². The number of rotatable bonds is 7. The third kappa shape index (κ3) is 4.83. The second-order valence-corrected chi connectivity index (χ2v) is 7.84. The minimum absolute atomic E-state index is 0.0275. The first-order valence-corrected chi connectivity index (χ1v) is 10.7. The highest BCUT2D eigenvalue weighted by molar-refractivity contribution is 8.76. The number of nitrogens with zero attached hydrogens (tertiary/aromatic N) is 2. The minimum Gasteiger partial charge on any atom is -0.312 e. The van der Waals surface area contributed by atoms with Crippen molar-refractivity contribution in [3.63, 3.8) is 0 Å². The van der Waals surface area contributed by atoms with Crippen LogP contribution >= 0.6 is 21.6 Å². The summed E-state index contributed by atoms with van der Waals surface area (Å²) in [6.07, 6.45) is 0. The van der Waals surface area contributed by atoms with Crippen molar-refractivity contribution in [1.82, 2.24) is 0 Å². The van der Waals surface area contributed by atoms with Crippen LogP contribution < -0.4 is 9.80 Å². The number of hydrogen-bond donors (Lipinski definition) is 0. The van der Waals surface area contributed by atoms with Gasteiger partial charge in [-0.2, -0.15) is 0 Å². The molecule has 0 unspecified atom stereocenters. The first-order chi connectivity index (χ1) is 12.5. The molecule has 2 rings (SSSR count). The Balaban J connectivity index is 2.28. The van der Waals surface area contributed by atoms with E-state index in [1.165, 1.54) is 0 Å². The van der Waals surface area contributed by atoms with Crippen molar-refractivity contribution in [2.45, 2.75) is 37.5 Å². The van der Waals surface area contributed by atoms with E-state index in [0.717, 1.165) is 21.2 Å². The third-order valence-corrected chi connectivity index (χ3v) is 6.39. The lowest BCUT2D eigenvalue weighted by Crippen LogP contribution is -2.28. The van der Waals surface area contributed by atoms with Crippen LogP contribution in [-0.4, -0.2) is 24.9 Å². The lowest BCUT2D eigenvalue weighted by molar-refractivity contribution is -0.117. The number of para-hydroxylation sites is 2. The van der Waals surface area contributed by atoms with Crippen molar-refractivity contribution in [2.75, 3.05) is 22.9 Å². The molecule has 0 heterocycles. The normalized spacial score (nSPS) is 10.5. The molecule has 6 heteroatoms. The van der Waals surface area contributed by atoms with Crippen molar-refractivity contribution >= 4 is 44.8 Å². The molecule has 0 atom stereocenters. The van der Waals surface area contributed by atoms with Crippen molar-refractivity contribution in [3.8, 4) is 0 Å². The zero-order chi connectivity index (χ0) is 19.1. The quantitative estimate of drug-likeness (QED) is 0.609. The zero-order valence-electron chi connectivity index (χ0n) is 15.6. The van der Waals surface area contributed by atoms with Crippen molar-refractivity contribution in [3.05, 3.63) is 48.5 Å². The molecule has 2 amide bonds. The van der Waals surface area contributed by atoms with E-state index in [2.05, 4.69) is 0 Å². The van der Waals surface area contributed by atoms with Crippen molar-refractivity contribution in [1.29, 1.82) is 0 Å². The molecular weight excluding hydrogens is 364 g/mol. The number of amides is 2. The van der Waals surface area contributed by atoms with Gasteiger partial charge in [-0.15, -0.1) is 0 Å². The smallest absolute Gasteiger partial charge is 0.223 e. The van der Waals surface area contributed by atoms with Crippen LogP contribution in [0, 0.1) is 0 Å². The molecule has 2 aromatic rings. The fraction of sp³-hybridized carbons (Fsp3) is 0.300. The molecule has 4 nitrogen and oxygen atoms in total. The lowest BCUT2D eigenvalue weighted by atomic mass is 10.3. The molecule has 0 fully saturated rings. The van der Waals surface area contributed by atoms with Gasteiger partial charge in [-0.05, 0) is 38.1 Å². The molecule has 0 aromatic heterocycles. The van der Waals surface area contributed by atoms with Gasteiger partial charge in [0.05, 0.1) is 11.4 Å². The predicted octanol–water partition coefficient (Wildman–Crippen LogP) is 5.23. The first-order valence-electron chi connectivity index (χ1n) is 8.58. The number of benzene rings is 2. The maximum Gasteiger partial charge on any atom is 0.223 e. The molecule has 0 spiro atoms. The summed E-state index contributed by atoms with van der Waals surface area (Å²) in [6.45, 7) is 8.36. The van der Waals surface area contributed by atoms with E-state index in [1.807, 2.05) is 62.4 Å². The predicted molar refractivity (Wildman–Crippen MR) is 112 cm³/mol. The van der Waals surface area contributed by atoms with E-state index < -0.39 is 0 Å². The molecule has 0 bridgehead atoms. The number of anilines is 2. The Morgan fingerprint density at radius 3 is 1.38 bits per heavy atom. The SMILES string of the molecule is CCN(C(C)=O)c1ccccc1SSc1ccccc1N(CC)C(C)=O. The Labute approximate surface area is 163 Å². The summed E-state index contributed by atoms with van der Waals surface area (Å²) in [5.41, 5.74) is 1.83. The number of carbonyl (C=O) groups is 2. The highest BCUT2D eigenvalue weighted by Gasteiger charge is 2.17. The molecule has 0 N–H and O–H groups in total. The molecule has 138 valence electrons. The van der Waals surface area contributed by atoms with Gasteiger partial charge in [-0.1, -0.05) is 45.9 Å². The summed E-state index contributed by atoms with van der Waals surface area (Å²) in [6, 6.07) is 15.8. The van der Waals surface area contributed by atoms with Crippen LogP contribution in [0.15, 0.2) is 58.3 Å². The van der Waals surface area contributed by atoms with Crippen LogP contribution in [0.1, 0.15) is 27.7 Å². The van der Waals surface area contributed by atoms with E-state index in [0.29, 0.717) is 13.1 Å². The first kappa shape index (κ1) is 20.4. The van der Waals surface area contributed by atoms with E-state index in [4.69, 9.17) is 0 Å². The lowest BCUT2D eigenvalue weighted by Gasteiger charge is -2.23. The van der Waals surface area contributed by atoms with Gasteiger partial charge in [0.15, 0.2) is 0 Å². The van der Waals surface area contributed by atoms with E-state index >= 15 is 0 Å². The highest BCUT2D eigenvalue weighted by Crippen LogP contribution is 2.45. The monoisotopic (exact) mass is 388 g/mol. The Hall–Kier alpha value is -1.92. The minimum atomic E-state index is 0.0275. The van der Waals surface area contributed by atoms with Gasteiger partial charge in [0.1, 0.15) is 0 Å². The van der Waals surface area contributed by atoms with Gasteiger partial charge in [0.25, 0.3) is 0 Å². The summed E-state index contributed by atoms with van der Waals surface area (Å²) >= 11 is 0. The summed E-state index contributed by atoms with van der Waals surface area (Å²) in [5.74, 6) is 0.0550. The summed E-state index contributed by atoms with van der Waals surface area (Å²) < 4.78 is 0. The molecule has 0 aliphatic heterocycles. The van der Waals surface area contributed by atoms with Crippen LogP contribution in [-0.2, 0) is 9.59 Å². The Bertz CT molecular complexity index is 714. The van der Waals surface area contributed by atoms with E-state index in [-0.39, 0.29) is 11.8 Å². The van der Waals surface area contributed by atoms with Crippen LogP contribution in [0.2, 0.25) is 0 Å². The zero-order valence-corrected chi connectivity index (χ0v) is 17.2. The number of hydrogen-bond acceptors (Lipinski definition) is 4.